The molecule has 2 aromatic carbocycles. The van der Waals surface area contributed by atoms with Crippen molar-refractivity contribution in [3.63, 3.8) is 0 Å². The first kappa shape index (κ1) is 17.6. The molecule has 5 rings (SSSR count). The minimum absolute atomic E-state index is 0.377. The molecule has 0 radical (unpaired) electrons. The average molecular weight is 400 g/mol. The Kier molecular flexibility index (Phi) is 4.14. The zero-order chi connectivity index (χ0) is 20.0. The van der Waals surface area contributed by atoms with E-state index >= 15 is 0 Å². The third-order valence-electron chi connectivity index (χ3n) is 4.67. The van der Waals surface area contributed by atoms with Gasteiger partial charge in [-0.25, -0.2) is 9.78 Å². The van der Waals surface area contributed by atoms with E-state index < -0.39 is 0 Å². The van der Waals surface area contributed by atoms with E-state index in [1.54, 1.807) is 17.4 Å². The predicted molar refractivity (Wildman–Crippen MR) is 115 cm³/mol. The van der Waals surface area contributed by atoms with Gasteiger partial charge in [0.05, 0.1) is 5.39 Å². The van der Waals surface area contributed by atoms with E-state index in [9.17, 15) is 4.79 Å². The van der Waals surface area contributed by atoms with Crippen molar-refractivity contribution in [2.45, 2.75) is 13.8 Å². The fraction of sp³-hybridized carbons (Fsp3) is 0.0870. The van der Waals surface area contributed by atoms with Gasteiger partial charge in [-0.2, -0.15) is 4.98 Å². The lowest BCUT2D eigenvalue weighted by atomic mass is 10.1. The third kappa shape index (κ3) is 3.28. The highest BCUT2D eigenvalue weighted by Crippen LogP contribution is 2.38. The van der Waals surface area contributed by atoms with Gasteiger partial charge in [0.25, 0.3) is 0 Å². The SMILES string of the molecule is Cc1nc(Oc2ccc3c(C)cc(=O)oc3c2)c2cc(-c3ccccc3)sc2n1. The van der Waals surface area contributed by atoms with Crippen LogP contribution in [0.4, 0.5) is 0 Å². The first-order valence-corrected chi connectivity index (χ1v) is 9.94. The third-order valence-corrected chi connectivity index (χ3v) is 5.74. The summed E-state index contributed by atoms with van der Waals surface area (Å²) in [5, 5.41) is 1.73. The fourth-order valence-corrected chi connectivity index (χ4v) is 4.37. The summed E-state index contributed by atoms with van der Waals surface area (Å²) in [6.45, 7) is 3.73. The number of aryl methyl sites for hydroxylation is 2. The zero-order valence-electron chi connectivity index (χ0n) is 15.8. The zero-order valence-corrected chi connectivity index (χ0v) is 16.6. The van der Waals surface area contributed by atoms with Crippen molar-refractivity contribution in [1.29, 1.82) is 0 Å². The summed E-state index contributed by atoms with van der Waals surface area (Å²) in [5.74, 6) is 1.68. The first-order valence-electron chi connectivity index (χ1n) is 9.13. The Labute approximate surface area is 170 Å². The van der Waals surface area contributed by atoms with Gasteiger partial charge in [-0.05, 0) is 43.2 Å². The van der Waals surface area contributed by atoms with Gasteiger partial charge < -0.3 is 9.15 Å². The molecule has 5 aromatic rings. The molecule has 0 spiro atoms. The minimum Gasteiger partial charge on any atom is -0.438 e. The quantitative estimate of drug-likeness (QED) is 0.354. The van der Waals surface area contributed by atoms with Crippen molar-refractivity contribution in [2.24, 2.45) is 0 Å². The average Bonchev–Trinajstić information content (AvgIpc) is 3.12. The van der Waals surface area contributed by atoms with Crippen molar-refractivity contribution in [3.8, 4) is 22.1 Å². The Morgan fingerprint density at radius 3 is 2.59 bits per heavy atom. The molecule has 3 heterocycles. The van der Waals surface area contributed by atoms with Gasteiger partial charge in [0.2, 0.25) is 5.88 Å². The normalized spacial score (nSPS) is 11.2. The predicted octanol–water partition coefficient (Wildman–Crippen LogP) is 5.87. The van der Waals surface area contributed by atoms with Crippen molar-refractivity contribution < 1.29 is 9.15 Å². The standard InChI is InChI=1S/C23H16N2O3S/c1-13-10-21(26)28-19-11-16(8-9-17(13)19)27-22-18-12-20(15-6-4-3-5-7-15)29-23(18)25-14(2)24-22/h3-12H,1-2H3. The van der Waals surface area contributed by atoms with Gasteiger partial charge in [-0.15, -0.1) is 11.3 Å². The topological polar surface area (TPSA) is 65.2 Å². The van der Waals surface area contributed by atoms with Crippen LogP contribution in [0.5, 0.6) is 11.6 Å². The molecule has 142 valence electrons. The first-order chi connectivity index (χ1) is 14.1. The molecule has 0 atom stereocenters. The number of ether oxygens (including phenoxy) is 1. The summed E-state index contributed by atoms with van der Waals surface area (Å²) < 4.78 is 11.4. The summed E-state index contributed by atoms with van der Waals surface area (Å²) in [5.41, 5.74) is 2.11. The van der Waals surface area contributed by atoms with E-state index in [2.05, 4.69) is 28.2 Å². The van der Waals surface area contributed by atoms with Crippen LogP contribution in [0.1, 0.15) is 11.4 Å². The van der Waals surface area contributed by atoms with Gasteiger partial charge in [-0.1, -0.05) is 30.3 Å². The van der Waals surface area contributed by atoms with E-state index in [-0.39, 0.29) is 5.63 Å². The smallest absolute Gasteiger partial charge is 0.336 e. The van der Waals surface area contributed by atoms with E-state index in [0.29, 0.717) is 23.0 Å². The molecule has 6 heteroatoms. The molecule has 0 N–H and O–H groups in total. The number of hydrogen-bond acceptors (Lipinski definition) is 6. The van der Waals surface area contributed by atoms with Crippen molar-refractivity contribution in [2.75, 3.05) is 0 Å². The molecule has 0 bridgehead atoms. The van der Waals surface area contributed by atoms with E-state index in [1.807, 2.05) is 44.2 Å². The molecule has 0 aliphatic rings. The van der Waals surface area contributed by atoms with Crippen LogP contribution in [0, 0.1) is 13.8 Å². The Balaban J connectivity index is 1.60. The lowest BCUT2D eigenvalue weighted by Gasteiger charge is -2.08. The number of hydrogen-bond donors (Lipinski definition) is 0. The Bertz CT molecular complexity index is 1420. The molecule has 0 aliphatic carbocycles. The number of aromatic nitrogens is 2. The van der Waals surface area contributed by atoms with Gasteiger partial charge in [0.1, 0.15) is 22.0 Å². The molecule has 0 aliphatic heterocycles. The summed E-state index contributed by atoms with van der Waals surface area (Å²) in [6.07, 6.45) is 0. The van der Waals surface area contributed by atoms with Crippen LogP contribution in [-0.2, 0) is 0 Å². The second-order valence-corrected chi connectivity index (χ2v) is 7.81. The molecule has 3 aromatic heterocycles. The largest absolute Gasteiger partial charge is 0.438 e. The van der Waals surface area contributed by atoms with E-state index in [0.717, 1.165) is 31.6 Å². The Hall–Kier alpha value is -3.51. The molecule has 29 heavy (non-hydrogen) atoms. The van der Waals surface area contributed by atoms with Crippen LogP contribution >= 0.6 is 11.3 Å². The molecular weight excluding hydrogens is 384 g/mol. The highest BCUT2D eigenvalue weighted by atomic mass is 32.1. The second kappa shape index (κ2) is 6.83. The molecule has 0 saturated carbocycles. The molecule has 5 nitrogen and oxygen atoms in total. The highest BCUT2D eigenvalue weighted by Gasteiger charge is 2.14. The minimum atomic E-state index is -0.377. The highest BCUT2D eigenvalue weighted by molar-refractivity contribution is 7.21. The fourth-order valence-electron chi connectivity index (χ4n) is 3.30. The molecule has 0 fully saturated rings. The van der Waals surface area contributed by atoms with E-state index in [4.69, 9.17) is 9.15 Å². The van der Waals surface area contributed by atoms with Crippen LogP contribution in [-0.4, -0.2) is 9.97 Å². The lowest BCUT2D eigenvalue weighted by Crippen LogP contribution is -1.98. The lowest BCUT2D eigenvalue weighted by molar-refractivity contribution is 0.465. The van der Waals surface area contributed by atoms with Crippen molar-refractivity contribution in [1.82, 2.24) is 9.97 Å². The maximum atomic E-state index is 11.7. The van der Waals surface area contributed by atoms with E-state index in [1.165, 1.54) is 6.07 Å². The summed E-state index contributed by atoms with van der Waals surface area (Å²) >= 11 is 1.60. The monoisotopic (exact) mass is 400 g/mol. The van der Waals surface area contributed by atoms with Crippen LogP contribution < -0.4 is 10.4 Å². The molecule has 0 unspecified atom stereocenters. The van der Waals surface area contributed by atoms with Crippen molar-refractivity contribution >= 4 is 32.5 Å². The maximum absolute atomic E-state index is 11.7. The van der Waals surface area contributed by atoms with Crippen LogP contribution in [0.2, 0.25) is 0 Å². The van der Waals surface area contributed by atoms with Gasteiger partial charge >= 0.3 is 5.63 Å². The number of benzene rings is 2. The maximum Gasteiger partial charge on any atom is 0.336 e. The molecular formula is C23H16N2O3S. The van der Waals surface area contributed by atoms with Crippen LogP contribution in [0.25, 0.3) is 31.6 Å². The summed E-state index contributed by atoms with van der Waals surface area (Å²) in [4.78, 5) is 22.7. The molecule has 0 saturated heterocycles. The van der Waals surface area contributed by atoms with Gasteiger partial charge in [0, 0.05) is 22.4 Å². The Morgan fingerprint density at radius 2 is 1.76 bits per heavy atom. The van der Waals surface area contributed by atoms with Gasteiger partial charge in [-0.3, -0.25) is 0 Å². The van der Waals surface area contributed by atoms with Crippen LogP contribution in [0.15, 0.2) is 69.9 Å². The van der Waals surface area contributed by atoms with Crippen molar-refractivity contribution in [3.05, 3.63) is 82.5 Å². The summed E-state index contributed by atoms with van der Waals surface area (Å²) in [7, 11) is 0. The summed E-state index contributed by atoms with van der Waals surface area (Å²) in [6, 6.07) is 19.1. The molecule has 0 amide bonds. The number of nitrogens with zero attached hydrogens (tertiary/aromatic N) is 2. The Morgan fingerprint density at radius 1 is 0.931 bits per heavy atom. The number of thiophene rings is 1. The van der Waals surface area contributed by atoms with Gasteiger partial charge in [0.15, 0.2) is 0 Å². The number of rotatable bonds is 3. The number of fused-ring (bicyclic) bond motifs is 2. The van der Waals surface area contributed by atoms with Crippen LogP contribution in [0.3, 0.4) is 0 Å². The second-order valence-electron chi connectivity index (χ2n) is 6.78.